The second-order valence-electron chi connectivity index (χ2n) is 11.8. The lowest BCUT2D eigenvalue weighted by atomic mass is 9.95. The van der Waals surface area contributed by atoms with Gasteiger partial charge in [-0.1, -0.05) is 99.6 Å². The van der Waals surface area contributed by atoms with Crippen molar-refractivity contribution in [3.05, 3.63) is 114 Å². The van der Waals surface area contributed by atoms with Crippen LogP contribution in [-0.4, -0.2) is 33.1 Å². The van der Waals surface area contributed by atoms with Gasteiger partial charge in [-0.15, -0.1) is 0 Å². The summed E-state index contributed by atoms with van der Waals surface area (Å²) in [5.74, 6) is 2.01. The van der Waals surface area contributed by atoms with Crippen LogP contribution in [0.15, 0.2) is 103 Å². The molecule has 0 radical (unpaired) electrons. The van der Waals surface area contributed by atoms with Crippen LogP contribution < -0.4 is 20.0 Å². The van der Waals surface area contributed by atoms with Gasteiger partial charge in [0.15, 0.2) is 0 Å². The van der Waals surface area contributed by atoms with Gasteiger partial charge in [-0.2, -0.15) is 0 Å². The number of anilines is 1. The predicted molar refractivity (Wildman–Crippen MR) is 168 cm³/mol. The number of pyridine rings is 1. The summed E-state index contributed by atoms with van der Waals surface area (Å²) in [5.41, 5.74) is 2.61. The molecule has 1 unspecified atom stereocenters. The van der Waals surface area contributed by atoms with Crippen molar-refractivity contribution >= 4 is 24.5 Å². The molecule has 2 heterocycles. The van der Waals surface area contributed by atoms with E-state index in [2.05, 4.69) is 111 Å². The summed E-state index contributed by atoms with van der Waals surface area (Å²) in [5, 5.41) is 2.67. The predicted octanol–water partition coefficient (Wildman–Crippen LogP) is 6.77. The van der Waals surface area contributed by atoms with Crippen molar-refractivity contribution in [2.24, 2.45) is 0 Å². The Kier molecular flexibility index (Phi) is 8.72. The fourth-order valence-corrected chi connectivity index (χ4v) is 10.9. The Morgan fingerprint density at radius 1 is 0.850 bits per heavy atom. The number of rotatable bonds is 10. The molecule has 208 valence electrons. The van der Waals surface area contributed by atoms with Crippen molar-refractivity contribution in [1.29, 1.82) is 0 Å². The third kappa shape index (κ3) is 5.86. The van der Waals surface area contributed by atoms with Crippen LogP contribution in [0.2, 0.25) is 5.04 Å². The van der Waals surface area contributed by atoms with Gasteiger partial charge in [-0.25, -0.2) is 4.98 Å². The molecule has 0 N–H and O–H groups in total. The van der Waals surface area contributed by atoms with Crippen molar-refractivity contribution in [3.63, 3.8) is 0 Å². The summed E-state index contributed by atoms with van der Waals surface area (Å²) in [6.07, 6.45) is 6.21. The normalized spacial score (nSPS) is 15.5. The summed E-state index contributed by atoms with van der Waals surface area (Å²) in [7, 11) is -0.806. The summed E-state index contributed by atoms with van der Waals surface area (Å²) in [6, 6.07) is 35.0. The molecular formula is C35H42N2O2Si. The van der Waals surface area contributed by atoms with Crippen LogP contribution in [0.1, 0.15) is 51.2 Å². The minimum Gasteiger partial charge on any atom is -0.497 e. The van der Waals surface area contributed by atoms with E-state index in [9.17, 15) is 0 Å². The van der Waals surface area contributed by atoms with Crippen LogP contribution in [-0.2, 0) is 17.4 Å². The molecule has 0 spiro atoms. The van der Waals surface area contributed by atoms with Crippen molar-refractivity contribution < 1.29 is 9.16 Å². The van der Waals surface area contributed by atoms with E-state index in [4.69, 9.17) is 14.1 Å². The molecule has 0 fully saturated rings. The molecular weight excluding hydrogens is 508 g/mol. The van der Waals surface area contributed by atoms with Gasteiger partial charge in [0, 0.05) is 25.4 Å². The highest BCUT2D eigenvalue weighted by Crippen LogP contribution is 2.37. The molecule has 1 aromatic heterocycles. The smallest absolute Gasteiger partial charge is 0.261 e. The average Bonchev–Trinajstić information content (AvgIpc) is 2.98. The zero-order valence-corrected chi connectivity index (χ0v) is 25.3. The van der Waals surface area contributed by atoms with Crippen molar-refractivity contribution in [3.8, 4) is 5.75 Å². The van der Waals surface area contributed by atoms with Crippen molar-refractivity contribution in [2.75, 3.05) is 18.6 Å². The number of hydrogen-bond donors (Lipinski definition) is 0. The first-order chi connectivity index (χ1) is 19.4. The number of benzene rings is 3. The largest absolute Gasteiger partial charge is 0.497 e. The second kappa shape index (κ2) is 12.4. The molecule has 4 nitrogen and oxygen atoms in total. The monoisotopic (exact) mass is 550 g/mol. The van der Waals surface area contributed by atoms with Gasteiger partial charge in [-0.3, -0.25) is 0 Å². The van der Waals surface area contributed by atoms with E-state index in [0.717, 1.165) is 50.4 Å². The molecule has 0 bridgehead atoms. The van der Waals surface area contributed by atoms with Crippen molar-refractivity contribution in [2.45, 2.75) is 64.1 Å². The lowest BCUT2D eigenvalue weighted by Gasteiger charge is -2.43. The maximum Gasteiger partial charge on any atom is 0.261 e. The molecule has 1 aliphatic heterocycles. The Bertz CT molecular complexity index is 1310. The minimum atomic E-state index is -2.52. The molecule has 0 saturated carbocycles. The minimum absolute atomic E-state index is 0.0101. The van der Waals surface area contributed by atoms with Crippen LogP contribution in [0.4, 0.5) is 5.82 Å². The number of hydrogen-bond acceptors (Lipinski definition) is 4. The van der Waals surface area contributed by atoms with Gasteiger partial charge in [0.1, 0.15) is 11.6 Å². The molecule has 5 heteroatoms. The zero-order valence-electron chi connectivity index (χ0n) is 24.3. The fraction of sp³-hybridized carbons (Fsp3) is 0.343. The molecule has 0 amide bonds. The van der Waals surface area contributed by atoms with E-state index in [1.165, 1.54) is 21.5 Å². The molecule has 3 aromatic carbocycles. The van der Waals surface area contributed by atoms with E-state index in [1.54, 1.807) is 7.11 Å². The van der Waals surface area contributed by atoms with Crippen LogP contribution in [0.5, 0.6) is 5.75 Å². The average molecular weight is 551 g/mol. The second-order valence-corrected chi connectivity index (χ2v) is 16.1. The fourth-order valence-electron chi connectivity index (χ4n) is 6.27. The number of aromatic nitrogens is 1. The standard InChI is InChI=1S/C35H42N2O2Si/c1-35(2,3)40(32-15-7-5-8-16-32,33-17-9-6-10-18-33)39-26-12-14-30-22-21-29-13-11-25-36-34(29)37(30)27-28-19-23-31(38-4)24-20-28/h5-11,13,15-20,23-25,30H,12,14,21-22,26-27H2,1-4H3. The third-order valence-electron chi connectivity index (χ3n) is 8.26. The third-order valence-corrected chi connectivity index (χ3v) is 13.3. The quantitative estimate of drug-likeness (QED) is 0.161. The van der Waals surface area contributed by atoms with Crippen LogP contribution in [0.3, 0.4) is 0 Å². The van der Waals surface area contributed by atoms with E-state index in [0.29, 0.717) is 6.04 Å². The van der Waals surface area contributed by atoms with E-state index >= 15 is 0 Å². The lowest BCUT2D eigenvalue weighted by molar-refractivity contribution is 0.280. The van der Waals surface area contributed by atoms with Gasteiger partial charge in [0.05, 0.1) is 7.11 Å². The maximum atomic E-state index is 7.20. The Balaban J connectivity index is 1.35. The summed E-state index contributed by atoms with van der Waals surface area (Å²) in [6.45, 7) is 8.63. The Morgan fingerprint density at radius 2 is 1.50 bits per heavy atom. The number of ether oxygens (including phenoxy) is 1. The lowest BCUT2D eigenvalue weighted by Crippen LogP contribution is -2.66. The van der Waals surface area contributed by atoms with E-state index in [1.807, 2.05) is 18.3 Å². The maximum absolute atomic E-state index is 7.20. The topological polar surface area (TPSA) is 34.6 Å². The van der Waals surface area contributed by atoms with Crippen LogP contribution in [0, 0.1) is 0 Å². The molecule has 4 aromatic rings. The van der Waals surface area contributed by atoms with Gasteiger partial charge < -0.3 is 14.1 Å². The molecule has 1 atom stereocenters. The van der Waals surface area contributed by atoms with Gasteiger partial charge >= 0.3 is 0 Å². The molecule has 0 saturated heterocycles. The summed E-state index contributed by atoms with van der Waals surface area (Å²) in [4.78, 5) is 7.35. The van der Waals surface area contributed by atoms with Crippen LogP contribution in [0.25, 0.3) is 0 Å². The number of fused-ring (bicyclic) bond motifs is 1. The highest BCUT2D eigenvalue weighted by Gasteiger charge is 2.50. The Morgan fingerprint density at radius 3 is 2.10 bits per heavy atom. The van der Waals surface area contributed by atoms with Crippen LogP contribution >= 0.6 is 0 Å². The summed E-state index contributed by atoms with van der Waals surface area (Å²) >= 11 is 0. The zero-order chi connectivity index (χ0) is 28.0. The van der Waals surface area contributed by atoms with Crippen molar-refractivity contribution in [1.82, 2.24) is 4.98 Å². The molecule has 5 rings (SSSR count). The van der Waals surface area contributed by atoms with E-state index < -0.39 is 8.32 Å². The number of aryl methyl sites for hydroxylation is 1. The SMILES string of the molecule is COc1ccc(CN2c3ncccc3CCC2CCCO[Si](c2ccccc2)(c2ccccc2)C(C)(C)C)cc1. The summed E-state index contributed by atoms with van der Waals surface area (Å²) < 4.78 is 12.6. The first kappa shape index (κ1) is 28.1. The Hall–Kier alpha value is -3.41. The highest BCUT2D eigenvalue weighted by atomic mass is 28.4. The first-order valence-electron chi connectivity index (χ1n) is 14.5. The molecule has 1 aliphatic rings. The molecule has 0 aliphatic carbocycles. The first-order valence-corrected chi connectivity index (χ1v) is 16.4. The number of methoxy groups -OCH3 is 1. The molecule has 40 heavy (non-hydrogen) atoms. The number of nitrogens with zero attached hydrogens (tertiary/aromatic N) is 2. The van der Waals surface area contributed by atoms with Gasteiger partial charge in [-0.05, 0) is 70.4 Å². The highest BCUT2D eigenvalue weighted by molar-refractivity contribution is 6.99. The van der Waals surface area contributed by atoms with Gasteiger partial charge in [0.25, 0.3) is 8.32 Å². The Labute approximate surface area is 241 Å². The van der Waals surface area contributed by atoms with E-state index in [-0.39, 0.29) is 5.04 Å². The van der Waals surface area contributed by atoms with Gasteiger partial charge in [0.2, 0.25) is 0 Å².